The highest BCUT2D eigenvalue weighted by molar-refractivity contribution is 9.10. The zero-order valence-corrected chi connectivity index (χ0v) is 14.4. The quantitative estimate of drug-likeness (QED) is 0.518. The van der Waals surface area contributed by atoms with Crippen LogP contribution in [-0.4, -0.2) is 11.2 Å². The summed E-state index contributed by atoms with van der Waals surface area (Å²) in [5.74, 6) is 0.603. The lowest BCUT2D eigenvalue weighted by molar-refractivity contribution is 0.210. The SMILES string of the molecule is O=C(O)Nc1ccccc1-c1oc2ccc(CBr)cc2c1Br. The summed E-state index contributed by atoms with van der Waals surface area (Å²) in [5, 5.41) is 13.1. The Hall–Kier alpha value is -1.79. The van der Waals surface area contributed by atoms with E-state index in [2.05, 4.69) is 37.2 Å². The van der Waals surface area contributed by atoms with Crippen LogP contribution in [0, 0.1) is 0 Å². The second-order valence-electron chi connectivity index (χ2n) is 4.69. The monoisotopic (exact) mass is 423 g/mol. The van der Waals surface area contributed by atoms with E-state index in [9.17, 15) is 4.79 Å². The van der Waals surface area contributed by atoms with Gasteiger partial charge < -0.3 is 9.52 Å². The van der Waals surface area contributed by atoms with Crippen LogP contribution >= 0.6 is 31.9 Å². The molecular formula is C16H11Br2NO3. The maximum absolute atomic E-state index is 10.9. The van der Waals surface area contributed by atoms with Crippen LogP contribution < -0.4 is 5.32 Å². The minimum atomic E-state index is -1.11. The van der Waals surface area contributed by atoms with Crippen molar-refractivity contribution < 1.29 is 14.3 Å². The number of hydrogen-bond donors (Lipinski definition) is 2. The highest BCUT2D eigenvalue weighted by Crippen LogP contribution is 2.40. The van der Waals surface area contributed by atoms with Gasteiger partial charge in [0.05, 0.1) is 10.2 Å². The van der Waals surface area contributed by atoms with Crippen LogP contribution in [0.1, 0.15) is 5.56 Å². The molecule has 0 spiro atoms. The lowest BCUT2D eigenvalue weighted by atomic mass is 10.1. The molecule has 1 aromatic heterocycles. The summed E-state index contributed by atoms with van der Waals surface area (Å²) in [6.07, 6.45) is -1.11. The van der Waals surface area contributed by atoms with Crippen LogP contribution in [0.3, 0.4) is 0 Å². The number of anilines is 1. The third-order valence-electron chi connectivity index (χ3n) is 3.26. The van der Waals surface area contributed by atoms with Gasteiger partial charge in [-0.3, -0.25) is 5.32 Å². The van der Waals surface area contributed by atoms with E-state index in [1.54, 1.807) is 12.1 Å². The Morgan fingerprint density at radius 3 is 2.73 bits per heavy atom. The van der Waals surface area contributed by atoms with E-state index in [0.717, 1.165) is 26.3 Å². The molecule has 0 saturated carbocycles. The fourth-order valence-corrected chi connectivity index (χ4v) is 3.23. The van der Waals surface area contributed by atoms with Crippen LogP contribution in [0.2, 0.25) is 0 Å². The van der Waals surface area contributed by atoms with E-state index >= 15 is 0 Å². The molecule has 0 aliphatic rings. The first-order valence-corrected chi connectivity index (χ1v) is 8.38. The summed E-state index contributed by atoms with van der Waals surface area (Å²) in [5.41, 5.74) is 3.05. The number of nitrogens with one attached hydrogen (secondary N) is 1. The van der Waals surface area contributed by atoms with Gasteiger partial charge in [-0.2, -0.15) is 0 Å². The molecule has 2 aromatic carbocycles. The Kier molecular flexibility index (Phi) is 4.22. The molecule has 4 nitrogen and oxygen atoms in total. The van der Waals surface area contributed by atoms with Crippen LogP contribution in [0.15, 0.2) is 51.4 Å². The van der Waals surface area contributed by atoms with Gasteiger partial charge >= 0.3 is 6.09 Å². The molecule has 0 fully saturated rings. The molecule has 112 valence electrons. The number of alkyl halides is 1. The smallest absolute Gasteiger partial charge is 0.409 e. The largest absolute Gasteiger partial charge is 0.465 e. The van der Waals surface area contributed by atoms with Crippen LogP contribution in [0.5, 0.6) is 0 Å². The summed E-state index contributed by atoms with van der Waals surface area (Å²) >= 11 is 7.01. The third kappa shape index (κ3) is 2.76. The van der Waals surface area contributed by atoms with Gasteiger partial charge in [-0.05, 0) is 45.8 Å². The number of amides is 1. The van der Waals surface area contributed by atoms with Gasteiger partial charge in [-0.15, -0.1) is 0 Å². The molecular weight excluding hydrogens is 414 g/mol. The number of para-hydroxylation sites is 1. The van der Waals surface area contributed by atoms with Crippen molar-refractivity contribution in [3.63, 3.8) is 0 Å². The molecule has 22 heavy (non-hydrogen) atoms. The average Bonchev–Trinajstić information content (AvgIpc) is 2.84. The molecule has 0 aliphatic heterocycles. The number of benzene rings is 2. The lowest BCUT2D eigenvalue weighted by Gasteiger charge is -2.06. The maximum Gasteiger partial charge on any atom is 0.409 e. The normalized spacial score (nSPS) is 10.8. The van der Waals surface area contributed by atoms with Gasteiger partial charge in [-0.1, -0.05) is 34.1 Å². The summed E-state index contributed by atoms with van der Waals surface area (Å²) in [6, 6.07) is 13.1. The Balaban J connectivity index is 2.18. The third-order valence-corrected chi connectivity index (χ3v) is 4.69. The number of fused-ring (bicyclic) bond motifs is 1. The van der Waals surface area contributed by atoms with E-state index in [1.165, 1.54) is 0 Å². The first-order valence-electron chi connectivity index (χ1n) is 6.46. The first kappa shape index (κ1) is 15.1. The van der Waals surface area contributed by atoms with Crippen molar-refractivity contribution in [1.29, 1.82) is 0 Å². The van der Waals surface area contributed by atoms with E-state index in [1.807, 2.05) is 30.3 Å². The average molecular weight is 425 g/mol. The molecule has 6 heteroatoms. The minimum absolute atomic E-state index is 0.482. The first-order chi connectivity index (χ1) is 10.6. The van der Waals surface area contributed by atoms with Crippen LogP contribution in [0.25, 0.3) is 22.3 Å². The van der Waals surface area contributed by atoms with Gasteiger partial charge in [0.25, 0.3) is 0 Å². The number of carboxylic acid groups (broad SMARTS) is 1. The number of halogens is 2. The molecule has 0 bridgehead atoms. The zero-order valence-electron chi connectivity index (χ0n) is 11.3. The van der Waals surface area contributed by atoms with E-state index in [-0.39, 0.29) is 0 Å². The van der Waals surface area contributed by atoms with E-state index < -0.39 is 6.09 Å². The molecule has 1 heterocycles. The van der Waals surface area contributed by atoms with Crippen molar-refractivity contribution in [3.05, 3.63) is 52.5 Å². The Morgan fingerprint density at radius 2 is 2.00 bits per heavy atom. The van der Waals surface area contributed by atoms with Gasteiger partial charge in [0.1, 0.15) is 5.58 Å². The summed E-state index contributed by atoms with van der Waals surface area (Å²) < 4.78 is 6.72. The highest BCUT2D eigenvalue weighted by atomic mass is 79.9. The van der Waals surface area contributed by atoms with E-state index in [0.29, 0.717) is 17.0 Å². The van der Waals surface area contributed by atoms with Crippen molar-refractivity contribution >= 4 is 54.6 Å². The summed E-state index contributed by atoms with van der Waals surface area (Å²) in [4.78, 5) is 10.9. The van der Waals surface area contributed by atoms with Crippen molar-refractivity contribution in [2.45, 2.75) is 5.33 Å². The molecule has 0 unspecified atom stereocenters. The van der Waals surface area contributed by atoms with Gasteiger partial charge in [0.2, 0.25) is 0 Å². The molecule has 0 atom stereocenters. The van der Waals surface area contributed by atoms with Crippen molar-refractivity contribution in [1.82, 2.24) is 0 Å². The van der Waals surface area contributed by atoms with Crippen molar-refractivity contribution in [2.75, 3.05) is 5.32 Å². The molecule has 1 amide bonds. The molecule has 0 aliphatic carbocycles. The lowest BCUT2D eigenvalue weighted by Crippen LogP contribution is -2.08. The molecule has 0 radical (unpaired) electrons. The van der Waals surface area contributed by atoms with Gasteiger partial charge in [0.15, 0.2) is 5.76 Å². The topological polar surface area (TPSA) is 62.5 Å². The Labute approximate surface area is 143 Å². The summed E-state index contributed by atoms with van der Waals surface area (Å²) in [7, 11) is 0. The molecule has 3 rings (SSSR count). The molecule has 3 aromatic rings. The summed E-state index contributed by atoms with van der Waals surface area (Å²) in [6.45, 7) is 0. The predicted octanol–water partition coefficient (Wildman–Crippen LogP) is 5.85. The van der Waals surface area contributed by atoms with Gasteiger partial charge in [0, 0.05) is 16.3 Å². The number of furan rings is 1. The second kappa shape index (κ2) is 6.14. The van der Waals surface area contributed by atoms with Crippen molar-refractivity contribution in [2.24, 2.45) is 0 Å². The van der Waals surface area contributed by atoms with Crippen LogP contribution in [-0.2, 0) is 5.33 Å². The highest BCUT2D eigenvalue weighted by Gasteiger charge is 2.17. The number of rotatable bonds is 3. The number of carbonyl (C=O) groups is 1. The Bertz CT molecular complexity index is 858. The second-order valence-corrected chi connectivity index (χ2v) is 6.04. The predicted molar refractivity (Wildman–Crippen MR) is 93.6 cm³/mol. The van der Waals surface area contributed by atoms with E-state index in [4.69, 9.17) is 9.52 Å². The molecule has 0 saturated heterocycles. The maximum atomic E-state index is 10.9. The standard InChI is InChI=1S/C16H11Br2NO3/c17-8-9-5-6-13-11(7-9)14(18)15(22-13)10-3-1-2-4-12(10)19-16(20)21/h1-7,19H,8H2,(H,20,21). The number of hydrogen-bond acceptors (Lipinski definition) is 2. The zero-order chi connectivity index (χ0) is 15.7. The molecule has 2 N–H and O–H groups in total. The van der Waals surface area contributed by atoms with Crippen molar-refractivity contribution in [3.8, 4) is 11.3 Å². The minimum Gasteiger partial charge on any atom is -0.465 e. The fourth-order valence-electron chi connectivity index (χ4n) is 2.28. The Morgan fingerprint density at radius 1 is 1.23 bits per heavy atom. The van der Waals surface area contributed by atoms with Crippen LogP contribution in [0.4, 0.5) is 10.5 Å². The van der Waals surface area contributed by atoms with Gasteiger partial charge in [-0.25, -0.2) is 4.79 Å². The fraction of sp³-hybridized carbons (Fsp3) is 0.0625.